The number of rotatable bonds is 5. The summed E-state index contributed by atoms with van der Waals surface area (Å²) in [5, 5.41) is 6.78. The molecule has 0 fully saturated rings. The van der Waals surface area contributed by atoms with Gasteiger partial charge in [0.25, 0.3) is 5.91 Å². The first-order chi connectivity index (χ1) is 10.5. The summed E-state index contributed by atoms with van der Waals surface area (Å²) in [5.41, 5.74) is 0.686. The van der Waals surface area contributed by atoms with Gasteiger partial charge in [0.05, 0.1) is 10.7 Å². The highest BCUT2D eigenvalue weighted by Crippen LogP contribution is 2.25. The molecule has 0 saturated heterocycles. The lowest BCUT2D eigenvalue weighted by atomic mass is 10.2. The molecule has 1 atom stereocenters. The minimum absolute atomic E-state index is 0.247. The predicted molar refractivity (Wildman–Crippen MR) is 89.8 cm³/mol. The minimum atomic E-state index is -0.376. The van der Waals surface area contributed by atoms with Crippen LogP contribution < -0.4 is 10.6 Å². The van der Waals surface area contributed by atoms with Crippen LogP contribution in [-0.2, 0) is 0 Å². The Morgan fingerprint density at radius 1 is 1.27 bits per heavy atom. The number of hydrogen-bond acceptors (Lipinski definition) is 4. The number of aromatic nitrogens is 2. The number of carbonyl (C=O) groups is 1. The summed E-state index contributed by atoms with van der Waals surface area (Å²) in [6, 6.07) is 6.71. The van der Waals surface area contributed by atoms with E-state index in [-0.39, 0.29) is 17.6 Å². The van der Waals surface area contributed by atoms with Crippen LogP contribution in [0.1, 0.15) is 30.8 Å². The Hall–Kier alpha value is -1.85. The van der Waals surface area contributed by atoms with Crippen molar-refractivity contribution in [3.8, 4) is 0 Å². The lowest BCUT2D eigenvalue weighted by molar-refractivity contribution is 0.102. The highest BCUT2D eigenvalue weighted by Gasteiger charge is 2.12. The van der Waals surface area contributed by atoms with E-state index >= 15 is 0 Å². The second-order valence-corrected chi connectivity index (χ2v) is 5.66. The van der Waals surface area contributed by atoms with Gasteiger partial charge in [0.2, 0.25) is 0 Å². The largest absolute Gasteiger partial charge is 0.368 e. The molecule has 116 valence electrons. The lowest BCUT2D eigenvalue weighted by Crippen LogP contribution is -2.17. The quantitative estimate of drug-likeness (QED) is 0.855. The minimum Gasteiger partial charge on any atom is -0.368 e. The number of anilines is 2. The van der Waals surface area contributed by atoms with Gasteiger partial charge in [-0.3, -0.25) is 4.79 Å². The Kier molecular flexibility index (Phi) is 5.57. The predicted octanol–water partition coefficient (Wildman–Crippen LogP) is 4.25. The van der Waals surface area contributed by atoms with Crippen LogP contribution in [0, 0.1) is 0 Å². The third kappa shape index (κ3) is 4.32. The van der Waals surface area contributed by atoms with Gasteiger partial charge in [-0.2, -0.15) is 0 Å². The molecule has 0 spiro atoms. The van der Waals surface area contributed by atoms with Crippen LogP contribution in [-0.4, -0.2) is 21.9 Å². The zero-order valence-corrected chi connectivity index (χ0v) is 13.7. The maximum Gasteiger partial charge on any atom is 0.274 e. The van der Waals surface area contributed by atoms with E-state index in [1.165, 1.54) is 6.33 Å². The number of halogens is 2. The van der Waals surface area contributed by atoms with Crippen molar-refractivity contribution in [3.63, 3.8) is 0 Å². The van der Waals surface area contributed by atoms with Gasteiger partial charge < -0.3 is 10.6 Å². The summed E-state index contributed by atoms with van der Waals surface area (Å²) in [6.45, 7) is 4.10. The molecule has 0 aliphatic rings. The molecule has 22 heavy (non-hydrogen) atoms. The van der Waals surface area contributed by atoms with E-state index in [0.29, 0.717) is 21.6 Å². The zero-order valence-electron chi connectivity index (χ0n) is 12.2. The Morgan fingerprint density at radius 3 is 2.77 bits per heavy atom. The fourth-order valence-electron chi connectivity index (χ4n) is 1.69. The van der Waals surface area contributed by atoms with Gasteiger partial charge >= 0.3 is 0 Å². The first-order valence-electron chi connectivity index (χ1n) is 6.84. The smallest absolute Gasteiger partial charge is 0.274 e. The van der Waals surface area contributed by atoms with E-state index in [9.17, 15) is 4.79 Å². The van der Waals surface area contributed by atoms with Crippen LogP contribution >= 0.6 is 23.2 Å². The summed E-state index contributed by atoms with van der Waals surface area (Å²) in [7, 11) is 0. The zero-order chi connectivity index (χ0) is 16.1. The van der Waals surface area contributed by atoms with Gasteiger partial charge in [-0.25, -0.2) is 9.97 Å². The molecule has 0 aliphatic carbocycles. The molecule has 1 aromatic heterocycles. The number of nitrogens with zero attached hydrogens (tertiary/aromatic N) is 2. The summed E-state index contributed by atoms with van der Waals surface area (Å²) >= 11 is 11.9. The van der Waals surface area contributed by atoms with Gasteiger partial charge in [-0.15, -0.1) is 0 Å². The molecule has 2 aromatic rings. The van der Waals surface area contributed by atoms with Gasteiger partial charge in [0, 0.05) is 17.1 Å². The average Bonchev–Trinajstić information content (AvgIpc) is 2.51. The van der Waals surface area contributed by atoms with Crippen LogP contribution in [0.5, 0.6) is 0 Å². The molecule has 2 rings (SSSR count). The molecule has 1 amide bonds. The van der Waals surface area contributed by atoms with Crippen molar-refractivity contribution < 1.29 is 4.79 Å². The van der Waals surface area contributed by atoms with E-state index in [2.05, 4.69) is 27.5 Å². The number of hydrogen-bond donors (Lipinski definition) is 2. The lowest BCUT2D eigenvalue weighted by Gasteiger charge is -2.12. The average molecular weight is 339 g/mol. The summed E-state index contributed by atoms with van der Waals surface area (Å²) < 4.78 is 0. The molecule has 0 saturated carbocycles. The summed E-state index contributed by atoms with van der Waals surface area (Å²) in [6.07, 6.45) is 2.29. The van der Waals surface area contributed by atoms with Gasteiger partial charge in [-0.05, 0) is 31.5 Å². The van der Waals surface area contributed by atoms with E-state index in [4.69, 9.17) is 23.2 Å². The van der Waals surface area contributed by atoms with Gasteiger partial charge in [0.15, 0.2) is 0 Å². The molecule has 1 aromatic carbocycles. The highest BCUT2D eigenvalue weighted by molar-refractivity contribution is 6.35. The number of carbonyl (C=O) groups excluding carboxylic acids is 1. The van der Waals surface area contributed by atoms with Crippen LogP contribution in [0.3, 0.4) is 0 Å². The van der Waals surface area contributed by atoms with Crippen molar-refractivity contribution >= 4 is 40.6 Å². The van der Waals surface area contributed by atoms with Gasteiger partial charge in [0.1, 0.15) is 17.8 Å². The van der Waals surface area contributed by atoms with Crippen molar-refractivity contribution in [2.45, 2.75) is 26.3 Å². The second-order valence-electron chi connectivity index (χ2n) is 4.82. The molecule has 1 heterocycles. The molecule has 7 heteroatoms. The molecule has 5 nitrogen and oxygen atoms in total. The maximum atomic E-state index is 12.3. The second kappa shape index (κ2) is 7.42. The standard InChI is InChI=1S/C15H16Cl2N4O/c1-3-9(2)20-14-7-13(18-8-19-14)15(22)21-12-6-10(16)4-5-11(12)17/h4-9H,3H2,1-2H3,(H,21,22)(H,18,19,20). The fourth-order valence-corrected chi connectivity index (χ4v) is 2.03. The van der Waals surface area contributed by atoms with Crippen LogP contribution in [0.4, 0.5) is 11.5 Å². The normalized spacial score (nSPS) is 11.8. The molecule has 1 unspecified atom stereocenters. The highest BCUT2D eigenvalue weighted by atomic mass is 35.5. The molecular formula is C15H16Cl2N4O. The number of benzene rings is 1. The monoisotopic (exact) mass is 338 g/mol. The molecule has 0 radical (unpaired) electrons. The maximum absolute atomic E-state index is 12.3. The molecule has 0 aliphatic heterocycles. The topological polar surface area (TPSA) is 66.9 Å². The van der Waals surface area contributed by atoms with Crippen molar-refractivity contribution in [2.75, 3.05) is 10.6 Å². The van der Waals surface area contributed by atoms with Crippen molar-refractivity contribution in [2.24, 2.45) is 0 Å². The SMILES string of the molecule is CCC(C)Nc1cc(C(=O)Nc2cc(Cl)ccc2Cl)ncn1. The number of amides is 1. The van der Waals surface area contributed by atoms with Crippen molar-refractivity contribution in [1.29, 1.82) is 0 Å². The Labute approximate surface area is 139 Å². The Morgan fingerprint density at radius 2 is 2.05 bits per heavy atom. The van der Waals surface area contributed by atoms with E-state index < -0.39 is 0 Å². The van der Waals surface area contributed by atoms with Crippen LogP contribution in [0.2, 0.25) is 10.0 Å². The third-order valence-corrected chi connectivity index (χ3v) is 3.65. The van der Waals surface area contributed by atoms with Gasteiger partial charge in [-0.1, -0.05) is 30.1 Å². The molecule has 2 N–H and O–H groups in total. The van der Waals surface area contributed by atoms with Crippen LogP contribution in [0.15, 0.2) is 30.6 Å². The molecule has 0 bridgehead atoms. The van der Waals surface area contributed by atoms with Crippen LogP contribution in [0.25, 0.3) is 0 Å². The first kappa shape index (κ1) is 16.5. The summed E-state index contributed by atoms with van der Waals surface area (Å²) in [5.74, 6) is 0.227. The summed E-state index contributed by atoms with van der Waals surface area (Å²) in [4.78, 5) is 20.3. The van der Waals surface area contributed by atoms with Crippen molar-refractivity contribution in [3.05, 3.63) is 46.3 Å². The van der Waals surface area contributed by atoms with Crippen molar-refractivity contribution in [1.82, 2.24) is 9.97 Å². The van der Waals surface area contributed by atoms with E-state index in [1.54, 1.807) is 24.3 Å². The van der Waals surface area contributed by atoms with E-state index in [1.807, 2.05) is 6.92 Å². The first-order valence-corrected chi connectivity index (χ1v) is 7.60. The Balaban J connectivity index is 2.15. The molecular weight excluding hydrogens is 323 g/mol. The Bertz CT molecular complexity index is 678. The number of nitrogens with one attached hydrogen (secondary N) is 2. The fraction of sp³-hybridized carbons (Fsp3) is 0.267. The third-order valence-electron chi connectivity index (χ3n) is 3.08. The van der Waals surface area contributed by atoms with E-state index in [0.717, 1.165) is 6.42 Å².